The van der Waals surface area contributed by atoms with E-state index in [9.17, 15) is 28.1 Å². The number of anilines is 2. The fraction of sp³-hybridized carbons (Fsp3) is 0.190. The van der Waals surface area contributed by atoms with Crippen LogP contribution in [0.2, 0.25) is 0 Å². The summed E-state index contributed by atoms with van der Waals surface area (Å²) in [5.74, 6) is -0.613. The Morgan fingerprint density at radius 2 is 1.71 bits per heavy atom. The van der Waals surface area contributed by atoms with Crippen LogP contribution in [0.5, 0.6) is 0 Å². The minimum Gasteiger partial charge on any atom is -0.326 e. The van der Waals surface area contributed by atoms with Gasteiger partial charge in [-0.2, -0.15) is 9.40 Å². The molecule has 0 spiro atoms. The first-order valence-corrected chi connectivity index (χ1v) is 11.4. The Morgan fingerprint density at radius 3 is 2.26 bits per heavy atom. The molecule has 1 heterocycles. The number of nitro groups is 1. The van der Waals surface area contributed by atoms with Crippen LogP contribution in [-0.4, -0.2) is 52.8 Å². The zero-order chi connectivity index (χ0) is 25.0. The van der Waals surface area contributed by atoms with Crippen LogP contribution in [0.25, 0.3) is 5.69 Å². The standard InChI is InChI=1S/C21H22N6O6S/c1-14-12-20(26(24-14)17-6-8-18(9-7-17)27(30)31)23-21(29)13-25(3)34(32,33)19-10-4-16(5-11-19)22-15(2)28/h4-12H,13H2,1-3H3,(H,22,28)(H,23,29). The number of aromatic nitrogens is 2. The van der Waals surface area contributed by atoms with Crippen molar-refractivity contribution in [2.75, 3.05) is 24.2 Å². The summed E-state index contributed by atoms with van der Waals surface area (Å²) in [6, 6.07) is 12.8. The van der Waals surface area contributed by atoms with E-state index in [0.29, 0.717) is 17.1 Å². The maximum atomic E-state index is 12.8. The van der Waals surface area contributed by atoms with Crippen LogP contribution in [0.15, 0.2) is 59.5 Å². The smallest absolute Gasteiger partial charge is 0.269 e. The molecule has 0 aliphatic heterocycles. The van der Waals surface area contributed by atoms with E-state index in [2.05, 4.69) is 15.7 Å². The lowest BCUT2D eigenvalue weighted by atomic mass is 10.3. The van der Waals surface area contributed by atoms with E-state index in [1.165, 1.54) is 67.2 Å². The van der Waals surface area contributed by atoms with Gasteiger partial charge in [-0.05, 0) is 43.3 Å². The second-order valence-corrected chi connectivity index (χ2v) is 9.42. The minimum atomic E-state index is -3.97. The van der Waals surface area contributed by atoms with Gasteiger partial charge in [0.2, 0.25) is 21.8 Å². The van der Waals surface area contributed by atoms with E-state index in [4.69, 9.17) is 0 Å². The fourth-order valence-corrected chi connectivity index (χ4v) is 4.19. The molecule has 2 amide bonds. The highest BCUT2D eigenvalue weighted by Crippen LogP contribution is 2.21. The van der Waals surface area contributed by atoms with Crippen molar-refractivity contribution in [2.45, 2.75) is 18.7 Å². The third-order valence-corrected chi connectivity index (χ3v) is 6.47. The number of hydrogen-bond donors (Lipinski definition) is 2. The van der Waals surface area contributed by atoms with Crippen molar-refractivity contribution < 1.29 is 22.9 Å². The van der Waals surface area contributed by atoms with Crippen molar-refractivity contribution in [1.29, 1.82) is 0 Å². The second kappa shape index (κ2) is 9.80. The Morgan fingerprint density at radius 1 is 1.09 bits per heavy atom. The van der Waals surface area contributed by atoms with Crippen molar-refractivity contribution in [2.24, 2.45) is 0 Å². The van der Waals surface area contributed by atoms with Gasteiger partial charge in [-0.25, -0.2) is 13.1 Å². The predicted octanol–water partition coefficient (Wildman–Crippen LogP) is 2.31. The van der Waals surface area contributed by atoms with E-state index in [1.54, 1.807) is 13.0 Å². The first-order chi connectivity index (χ1) is 16.0. The van der Waals surface area contributed by atoms with Crippen LogP contribution in [0.3, 0.4) is 0 Å². The summed E-state index contributed by atoms with van der Waals surface area (Å²) < 4.78 is 27.9. The molecule has 3 aromatic rings. The molecule has 34 heavy (non-hydrogen) atoms. The number of benzene rings is 2. The zero-order valence-electron chi connectivity index (χ0n) is 18.5. The van der Waals surface area contributed by atoms with Crippen LogP contribution in [-0.2, 0) is 19.6 Å². The number of rotatable bonds is 8. The van der Waals surface area contributed by atoms with E-state index < -0.39 is 27.4 Å². The number of likely N-dealkylation sites (N-methyl/N-ethyl adjacent to an activating group) is 1. The lowest BCUT2D eigenvalue weighted by Crippen LogP contribution is -2.35. The Kier molecular flexibility index (Phi) is 7.08. The van der Waals surface area contributed by atoms with Gasteiger partial charge in [0.05, 0.1) is 27.7 Å². The van der Waals surface area contributed by atoms with Crippen molar-refractivity contribution in [3.63, 3.8) is 0 Å². The van der Waals surface area contributed by atoms with Gasteiger partial charge in [0.15, 0.2) is 0 Å². The maximum Gasteiger partial charge on any atom is 0.269 e. The summed E-state index contributed by atoms with van der Waals surface area (Å²) in [6.45, 7) is 2.57. The molecular weight excluding hydrogens is 464 g/mol. The number of amides is 2. The molecule has 0 aliphatic rings. The van der Waals surface area contributed by atoms with Gasteiger partial charge in [0, 0.05) is 37.9 Å². The van der Waals surface area contributed by atoms with Crippen molar-refractivity contribution in [3.05, 3.63) is 70.4 Å². The Hall–Kier alpha value is -4.10. The highest BCUT2D eigenvalue weighted by atomic mass is 32.2. The molecule has 3 rings (SSSR count). The average molecular weight is 487 g/mol. The number of non-ortho nitro benzene ring substituents is 1. The summed E-state index contributed by atoms with van der Waals surface area (Å²) in [5.41, 5.74) is 1.42. The van der Waals surface area contributed by atoms with Gasteiger partial charge in [0.1, 0.15) is 5.82 Å². The average Bonchev–Trinajstić information content (AvgIpc) is 3.13. The van der Waals surface area contributed by atoms with Gasteiger partial charge < -0.3 is 10.6 Å². The quantitative estimate of drug-likeness (QED) is 0.365. The van der Waals surface area contributed by atoms with Crippen LogP contribution < -0.4 is 10.6 Å². The van der Waals surface area contributed by atoms with Crippen molar-refractivity contribution >= 4 is 39.0 Å². The molecule has 0 aliphatic carbocycles. The highest BCUT2D eigenvalue weighted by Gasteiger charge is 2.24. The molecule has 0 unspecified atom stereocenters. The van der Waals surface area contributed by atoms with Crippen LogP contribution in [0, 0.1) is 17.0 Å². The molecule has 0 saturated carbocycles. The summed E-state index contributed by atoms with van der Waals surface area (Å²) in [6.07, 6.45) is 0. The number of nitrogens with zero attached hydrogens (tertiary/aromatic N) is 4. The molecule has 13 heteroatoms. The van der Waals surface area contributed by atoms with Crippen LogP contribution in [0.4, 0.5) is 17.2 Å². The number of aryl methyl sites for hydroxylation is 1. The lowest BCUT2D eigenvalue weighted by Gasteiger charge is -2.17. The third kappa shape index (κ3) is 5.63. The maximum absolute atomic E-state index is 12.8. The van der Waals surface area contributed by atoms with Crippen molar-refractivity contribution in [1.82, 2.24) is 14.1 Å². The monoisotopic (exact) mass is 486 g/mol. The Bertz CT molecular complexity index is 1330. The zero-order valence-corrected chi connectivity index (χ0v) is 19.4. The fourth-order valence-electron chi connectivity index (χ4n) is 3.06. The lowest BCUT2D eigenvalue weighted by molar-refractivity contribution is -0.384. The molecular formula is C21H22N6O6S. The molecule has 1 aromatic heterocycles. The first-order valence-electron chi connectivity index (χ1n) is 9.92. The van der Waals surface area contributed by atoms with Gasteiger partial charge >= 0.3 is 0 Å². The Labute approximate surface area is 195 Å². The molecule has 0 bridgehead atoms. The summed E-state index contributed by atoms with van der Waals surface area (Å²) in [5, 5.41) is 20.3. The van der Waals surface area contributed by atoms with Gasteiger partial charge in [0.25, 0.3) is 5.69 Å². The normalized spacial score (nSPS) is 11.3. The van der Waals surface area contributed by atoms with E-state index in [-0.39, 0.29) is 22.3 Å². The molecule has 2 N–H and O–H groups in total. The Balaban J connectivity index is 1.73. The predicted molar refractivity (Wildman–Crippen MR) is 124 cm³/mol. The summed E-state index contributed by atoms with van der Waals surface area (Å²) in [7, 11) is -2.69. The number of nitro benzene ring substituents is 1. The highest BCUT2D eigenvalue weighted by molar-refractivity contribution is 7.89. The van der Waals surface area contributed by atoms with Gasteiger partial charge in [-0.15, -0.1) is 0 Å². The largest absolute Gasteiger partial charge is 0.326 e. The molecule has 0 fully saturated rings. The number of hydrogen-bond acceptors (Lipinski definition) is 7. The molecule has 0 atom stereocenters. The molecule has 2 aromatic carbocycles. The number of carbonyl (C=O) groups excluding carboxylic acids is 2. The van der Waals surface area contributed by atoms with E-state index in [1.807, 2.05) is 0 Å². The van der Waals surface area contributed by atoms with E-state index >= 15 is 0 Å². The SMILES string of the molecule is CC(=O)Nc1ccc(S(=O)(=O)N(C)CC(=O)Nc2cc(C)nn2-c2ccc([N+](=O)[O-])cc2)cc1. The van der Waals surface area contributed by atoms with Crippen molar-refractivity contribution in [3.8, 4) is 5.69 Å². The number of sulfonamides is 1. The molecule has 0 radical (unpaired) electrons. The molecule has 12 nitrogen and oxygen atoms in total. The third-order valence-electron chi connectivity index (χ3n) is 4.65. The number of nitrogens with one attached hydrogen (secondary N) is 2. The minimum absolute atomic E-state index is 0.0383. The summed E-state index contributed by atoms with van der Waals surface area (Å²) >= 11 is 0. The van der Waals surface area contributed by atoms with Gasteiger partial charge in [-0.3, -0.25) is 19.7 Å². The van der Waals surface area contributed by atoms with Crippen LogP contribution in [0.1, 0.15) is 12.6 Å². The van der Waals surface area contributed by atoms with E-state index in [0.717, 1.165) is 4.31 Å². The second-order valence-electron chi connectivity index (χ2n) is 7.37. The van der Waals surface area contributed by atoms with Crippen LogP contribution >= 0.6 is 0 Å². The van der Waals surface area contributed by atoms with Gasteiger partial charge in [-0.1, -0.05) is 0 Å². The first kappa shape index (κ1) is 24.5. The molecule has 0 saturated heterocycles. The summed E-state index contributed by atoms with van der Waals surface area (Å²) in [4.78, 5) is 34.0. The number of carbonyl (C=O) groups is 2. The molecule has 178 valence electrons. The topological polar surface area (TPSA) is 157 Å².